The molecule has 0 bridgehead atoms. The zero-order valence-electron chi connectivity index (χ0n) is 59.3. The van der Waals surface area contributed by atoms with Gasteiger partial charge in [0.2, 0.25) is 0 Å². The van der Waals surface area contributed by atoms with Crippen molar-refractivity contribution >= 4 is 19.8 Å². The van der Waals surface area contributed by atoms with Gasteiger partial charge in [0.1, 0.15) is 6.61 Å². The van der Waals surface area contributed by atoms with Gasteiger partial charge in [0.25, 0.3) is 0 Å². The summed E-state index contributed by atoms with van der Waals surface area (Å²) in [5.41, 5.74) is 5.41. The summed E-state index contributed by atoms with van der Waals surface area (Å²) in [6.45, 7) is 3.65. The fraction of sp³-hybridized carbons (Fsp3) is 0.753. The largest absolute Gasteiger partial charge is 0.472 e. The van der Waals surface area contributed by atoms with Crippen LogP contribution in [0.2, 0.25) is 0 Å². The molecular formula is C81H144NO8P. The molecule has 0 rings (SSSR count). The van der Waals surface area contributed by atoms with Gasteiger partial charge in [0, 0.05) is 19.4 Å². The molecule has 526 valence electrons. The summed E-state index contributed by atoms with van der Waals surface area (Å²) in [7, 11) is -4.40. The van der Waals surface area contributed by atoms with E-state index in [9.17, 15) is 19.0 Å². The third kappa shape index (κ3) is 75.6. The van der Waals surface area contributed by atoms with Crippen molar-refractivity contribution in [2.75, 3.05) is 26.4 Å². The molecule has 9 nitrogen and oxygen atoms in total. The van der Waals surface area contributed by atoms with Gasteiger partial charge in [-0.1, -0.05) is 354 Å². The number of phosphoric ester groups is 1. The van der Waals surface area contributed by atoms with Crippen LogP contribution >= 0.6 is 7.82 Å². The quantitative estimate of drug-likeness (QED) is 0.0264. The normalized spacial score (nSPS) is 13.5. The Labute approximate surface area is 562 Å². The highest BCUT2D eigenvalue weighted by Crippen LogP contribution is 2.43. The second kappa shape index (κ2) is 75.7. The predicted octanol–water partition coefficient (Wildman–Crippen LogP) is 25.6. The summed E-state index contributed by atoms with van der Waals surface area (Å²) in [6, 6.07) is 0. The van der Waals surface area contributed by atoms with Gasteiger partial charge in [-0.2, -0.15) is 0 Å². The number of hydrogen-bond acceptors (Lipinski definition) is 8. The summed E-state index contributed by atoms with van der Waals surface area (Å²) in [5.74, 6) is -0.825. The number of carbonyl (C=O) groups is 2. The molecule has 0 aliphatic carbocycles. The average Bonchev–Trinajstić information content (AvgIpc) is 3.71. The second-order valence-electron chi connectivity index (χ2n) is 25.5. The molecule has 0 saturated carbocycles. The van der Waals surface area contributed by atoms with Crippen molar-refractivity contribution in [3.63, 3.8) is 0 Å². The monoisotopic (exact) mass is 1290 g/mol. The van der Waals surface area contributed by atoms with Gasteiger partial charge in [0.15, 0.2) is 6.10 Å². The third-order valence-corrected chi connectivity index (χ3v) is 17.6. The molecule has 0 aromatic heterocycles. The number of ether oxygens (including phenoxy) is 2. The molecule has 91 heavy (non-hydrogen) atoms. The minimum absolute atomic E-state index is 0.0493. The molecule has 0 aromatic rings. The van der Waals surface area contributed by atoms with Crippen LogP contribution in [0.3, 0.4) is 0 Å². The molecule has 0 heterocycles. The van der Waals surface area contributed by atoms with Crippen LogP contribution in [-0.2, 0) is 32.7 Å². The van der Waals surface area contributed by atoms with Crippen LogP contribution in [0.25, 0.3) is 0 Å². The Kier molecular flexibility index (Phi) is 72.9. The van der Waals surface area contributed by atoms with E-state index in [-0.39, 0.29) is 38.6 Å². The molecule has 2 unspecified atom stereocenters. The van der Waals surface area contributed by atoms with Crippen LogP contribution in [0.4, 0.5) is 0 Å². The Hall–Kier alpha value is -3.33. The zero-order valence-corrected chi connectivity index (χ0v) is 60.2. The predicted molar refractivity (Wildman–Crippen MR) is 395 cm³/mol. The lowest BCUT2D eigenvalue weighted by Gasteiger charge is -2.19. The molecular weight excluding hydrogens is 1150 g/mol. The minimum atomic E-state index is -4.40. The van der Waals surface area contributed by atoms with Crippen molar-refractivity contribution in [1.29, 1.82) is 0 Å². The second-order valence-corrected chi connectivity index (χ2v) is 26.9. The minimum Gasteiger partial charge on any atom is -0.462 e. The van der Waals surface area contributed by atoms with E-state index in [1.54, 1.807) is 0 Å². The molecule has 0 aliphatic rings. The number of rotatable bonds is 72. The number of nitrogens with two attached hydrogens (primary N) is 1. The summed E-state index contributed by atoms with van der Waals surface area (Å²) >= 11 is 0. The van der Waals surface area contributed by atoms with Crippen molar-refractivity contribution in [3.05, 3.63) is 109 Å². The number of hydrogen-bond donors (Lipinski definition) is 2. The SMILES string of the molecule is CC/C=C\C/C=C\C/C=C\C/C=C\C/C=C\C/C=C\C/C=C\CCCCCCCCCCCC(=O)OC(COC(=O)CCCCCCCCCCCCCCCCCCCCCCCCCCCCC/C=C\C/C=C\CCCCCCC)COP(=O)(O)OCCN. The summed E-state index contributed by atoms with van der Waals surface area (Å²) in [6.07, 6.45) is 105. The molecule has 0 amide bonds. The van der Waals surface area contributed by atoms with E-state index in [2.05, 4.69) is 123 Å². The molecule has 0 fully saturated rings. The molecule has 0 saturated heterocycles. The van der Waals surface area contributed by atoms with Gasteiger partial charge in [-0.25, -0.2) is 4.57 Å². The molecule has 3 N–H and O–H groups in total. The average molecular weight is 1290 g/mol. The first-order chi connectivity index (χ1) is 44.8. The van der Waals surface area contributed by atoms with Crippen LogP contribution in [0.5, 0.6) is 0 Å². The van der Waals surface area contributed by atoms with E-state index >= 15 is 0 Å². The van der Waals surface area contributed by atoms with Crippen LogP contribution in [0, 0.1) is 0 Å². The standard InChI is InChI=1S/C81H144NO8P/c1-3-5-7-9-11-13-15-17-19-21-23-25-27-29-31-33-35-36-37-38-39-40-41-42-44-45-47-49-51-53-55-57-59-61-63-65-67-69-71-73-80(83)87-77-79(78-89-91(85,86)88-76-75-82)90-81(84)74-72-70-68-66-64-62-60-58-56-54-52-50-48-46-43-34-32-30-28-26-24-22-20-18-16-14-12-10-8-6-4-2/h6,8,12,14-15,17-18,20-21,23-24,26,30,32,43,46,50,52,79H,3-5,7,9-11,13,16,19,22,25,27-29,31,33-42,44-45,47-49,51,53-78,82H2,1-2H3,(H,85,86)/b8-6-,14-12-,17-15-,20-18-,23-21-,26-24-,32-30-,46-43-,52-50-. The summed E-state index contributed by atoms with van der Waals surface area (Å²) < 4.78 is 33.2. The molecule has 0 radical (unpaired) electrons. The number of allylic oxidation sites excluding steroid dienone is 18. The number of carbonyl (C=O) groups excluding carboxylic acids is 2. The van der Waals surface area contributed by atoms with E-state index in [0.717, 1.165) is 96.3 Å². The lowest BCUT2D eigenvalue weighted by atomic mass is 10.0. The van der Waals surface area contributed by atoms with Gasteiger partial charge < -0.3 is 20.1 Å². The van der Waals surface area contributed by atoms with Crippen molar-refractivity contribution in [1.82, 2.24) is 0 Å². The van der Waals surface area contributed by atoms with E-state index in [1.807, 2.05) is 0 Å². The number of phosphoric acid groups is 1. The fourth-order valence-corrected chi connectivity index (χ4v) is 11.8. The Morgan fingerprint density at radius 3 is 0.901 bits per heavy atom. The lowest BCUT2D eigenvalue weighted by molar-refractivity contribution is -0.161. The Morgan fingerprint density at radius 1 is 0.341 bits per heavy atom. The van der Waals surface area contributed by atoms with Gasteiger partial charge in [0.05, 0.1) is 13.2 Å². The highest BCUT2D eigenvalue weighted by molar-refractivity contribution is 7.47. The van der Waals surface area contributed by atoms with Crippen molar-refractivity contribution in [3.8, 4) is 0 Å². The summed E-state index contributed by atoms with van der Waals surface area (Å²) in [5, 5.41) is 0. The lowest BCUT2D eigenvalue weighted by Crippen LogP contribution is -2.29. The van der Waals surface area contributed by atoms with Crippen LogP contribution in [0.1, 0.15) is 361 Å². The molecule has 0 spiro atoms. The van der Waals surface area contributed by atoms with Crippen molar-refractivity contribution in [2.24, 2.45) is 5.73 Å². The number of esters is 2. The van der Waals surface area contributed by atoms with Crippen molar-refractivity contribution in [2.45, 2.75) is 367 Å². The van der Waals surface area contributed by atoms with E-state index in [0.29, 0.717) is 6.42 Å². The maximum atomic E-state index is 12.8. The summed E-state index contributed by atoms with van der Waals surface area (Å²) in [4.78, 5) is 35.4. The van der Waals surface area contributed by atoms with E-state index < -0.39 is 26.5 Å². The molecule has 10 heteroatoms. The first-order valence-corrected chi connectivity index (χ1v) is 39.9. The Balaban J connectivity index is 3.82. The first-order valence-electron chi connectivity index (χ1n) is 38.4. The van der Waals surface area contributed by atoms with Gasteiger partial charge in [-0.15, -0.1) is 0 Å². The molecule has 2 atom stereocenters. The fourth-order valence-electron chi connectivity index (χ4n) is 11.0. The third-order valence-electron chi connectivity index (χ3n) is 16.6. The van der Waals surface area contributed by atoms with Gasteiger partial charge >= 0.3 is 19.8 Å². The molecule has 0 aromatic carbocycles. The maximum Gasteiger partial charge on any atom is 0.472 e. The Bertz CT molecular complexity index is 1860. The number of unbranched alkanes of at least 4 members (excludes halogenated alkanes) is 41. The maximum absolute atomic E-state index is 12.8. The zero-order chi connectivity index (χ0) is 65.8. The highest BCUT2D eigenvalue weighted by atomic mass is 31.2. The van der Waals surface area contributed by atoms with E-state index in [4.69, 9.17) is 24.3 Å². The van der Waals surface area contributed by atoms with Gasteiger partial charge in [-0.3, -0.25) is 18.6 Å². The van der Waals surface area contributed by atoms with Gasteiger partial charge in [-0.05, 0) is 103 Å². The smallest absolute Gasteiger partial charge is 0.462 e. The van der Waals surface area contributed by atoms with Crippen LogP contribution < -0.4 is 5.73 Å². The first kappa shape index (κ1) is 87.7. The van der Waals surface area contributed by atoms with Crippen LogP contribution in [-0.4, -0.2) is 49.3 Å². The van der Waals surface area contributed by atoms with Crippen molar-refractivity contribution < 1.29 is 37.6 Å². The highest BCUT2D eigenvalue weighted by Gasteiger charge is 2.26. The molecule has 0 aliphatic heterocycles. The van der Waals surface area contributed by atoms with E-state index in [1.165, 1.54) is 231 Å². The van der Waals surface area contributed by atoms with Crippen LogP contribution in [0.15, 0.2) is 109 Å². The Morgan fingerprint density at radius 2 is 0.604 bits per heavy atom. The topological polar surface area (TPSA) is 134 Å².